The van der Waals surface area contributed by atoms with Gasteiger partial charge >= 0.3 is 5.97 Å². The van der Waals surface area contributed by atoms with E-state index in [1.165, 1.54) is 32.1 Å². The van der Waals surface area contributed by atoms with Gasteiger partial charge in [-0.25, -0.2) is 0 Å². The van der Waals surface area contributed by atoms with Crippen LogP contribution >= 0.6 is 0 Å². The molecule has 1 saturated carbocycles. The second-order valence-electron chi connectivity index (χ2n) is 6.34. The third-order valence-electron chi connectivity index (χ3n) is 4.19. The van der Waals surface area contributed by atoms with Gasteiger partial charge < -0.3 is 4.74 Å². The number of hydrogen-bond donors (Lipinski definition) is 0. The molecule has 0 amide bonds. The Labute approximate surface area is 106 Å². The minimum absolute atomic E-state index is 0.0249. The first kappa shape index (κ1) is 14.5. The Bertz CT molecular complexity index is 248. The van der Waals surface area contributed by atoms with E-state index >= 15 is 0 Å². The molecule has 0 unspecified atom stereocenters. The van der Waals surface area contributed by atoms with Gasteiger partial charge in [0.15, 0.2) is 0 Å². The molecule has 0 atom stereocenters. The Morgan fingerprint density at radius 1 is 1.12 bits per heavy atom. The van der Waals surface area contributed by atoms with Crippen LogP contribution in [-0.2, 0) is 9.53 Å². The van der Waals surface area contributed by atoms with Crippen LogP contribution in [0.1, 0.15) is 79.1 Å². The summed E-state index contributed by atoms with van der Waals surface area (Å²) < 4.78 is 5.83. The first-order chi connectivity index (χ1) is 7.90. The van der Waals surface area contributed by atoms with Gasteiger partial charge in [0.25, 0.3) is 0 Å². The van der Waals surface area contributed by atoms with Gasteiger partial charge in [-0.15, -0.1) is 0 Å². The van der Waals surface area contributed by atoms with Gasteiger partial charge in [0, 0.05) is 0 Å². The topological polar surface area (TPSA) is 26.3 Å². The van der Waals surface area contributed by atoms with Gasteiger partial charge in [-0.3, -0.25) is 4.79 Å². The van der Waals surface area contributed by atoms with E-state index < -0.39 is 0 Å². The van der Waals surface area contributed by atoms with Crippen LogP contribution in [0.3, 0.4) is 0 Å². The zero-order valence-corrected chi connectivity index (χ0v) is 12.0. The van der Waals surface area contributed by atoms with Crippen molar-refractivity contribution < 1.29 is 9.53 Å². The van der Waals surface area contributed by atoms with Crippen LogP contribution in [0.5, 0.6) is 0 Å². The molecule has 100 valence electrons. The summed E-state index contributed by atoms with van der Waals surface area (Å²) in [6.07, 6.45) is 9.17. The fraction of sp³-hybridized carbons (Fsp3) is 0.933. The minimum atomic E-state index is -0.342. The van der Waals surface area contributed by atoms with Crippen molar-refractivity contribution in [3.8, 4) is 0 Å². The van der Waals surface area contributed by atoms with Gasteiger partial charge in [0.05, 0.1) is 5.41 Å². The average Bonchev–Trinajstić information content (AvgIpc) is 2.24. The second kappa shape index (κ2) is 5.88. The Morgan fingerprint density at radius 2 is 1.59 bits per heavy atom. The summed E-state index contributed by atoms with van der Waals surface area (Å²) in [5.41, 5.74) is -0.560. The molecule has 0 N–H and O–H groups in total. The van der Waals surface area contributed by atoms with Crippen molar-refractivity contribution in [2.75, 3.05) is 0 Å². The van der Waals surface area contributed by atoms with E-state index in [0.29, 0.717) is 0 Å². The Kier molecular flexibility index (Phi) is 5.03. The monoisotopic (exact) mass is 240 g/mol. The van der Waals surface area contributed by atoms with E-state index in [0.717, 1.165) is 19.3 Å². The van der Waals surface area contributed by atoms with E-state index in [9.17, 15) is 4.79 Å². The van der Waals surface area contributed by atoms with Gasteiger partial charge in [-0.2, -0.15) is 0 Å². The third-order valence-corrected chi connectivity index (χ3v) is 4.19. The summed E-state index contributed by atoms with van der Waals surface area (Å²) in [5.74, 6) is -0.0249. The SMILES string of the molecule is CCC(C)(C)C(=O)OC1(C)CCCCCCC1. The molecule has 2 nitrogen and oxygen atoms in total. The molecule has 1 fully saturated rings. The molecule has 1 rings (SSSR count). The fourth-order valence-electron chi connectivity index (χ4n) is 2.26. The molecule has 0 spiro atoms. The van der Waals surface area contributed by atoms with E-state index in [2.05, 4.69) is 6.92 Å². The molecular weight excluding hydrogens is 212 g/mol. The van der Waals surface area contributed by atoms with Gasteiger partial charge in [-0.1, -0.05) is 26.2 Å². The van der Waals surface area contributed by atoms with Crippen LogP contribution in [0.15, 0.2) is 0 Å². The zero-order valence-electron chi connectivity index (χ0n) is 12.0. The molecule has 0 aromatic carbocycles. The fourth-order valence-corrected chi connectivity index (χ4v) is 2.26. The first-order valence-electron chi connectivity index (χ1n) is 7.13. The summed E-state index contributed by atoms with van der Waals surface area (Å²) in [7, 11) is 0. The maximum absolute atomic E-state index is 12.1. The molecular formula is C15H28O2. The van der Waals surface area contributed by atoms with Crippen LogP contribution in [0.4, 0.5) is 0 Å². The van der Waals surface area contributed by atoms with Gasteiger partial charge in [-0.05, 0) is 52.9 Å². The standard InChI is InChI=1S/C15H28O2/c1-5-14(2,3)13(16)17-15(4)11-9-7-6-8-10-12-15/h5-12H2,1-4H3. The number of carbonyl (C=O) groups excluding carboxylic acids is 1. The number of carbonyl (C=O) groups is 1. The smallest absolute Gasteiger partial charge is 0.312 e. The predicted molar refractivity (Wildman–Crippen MR) is 70.9 cm³/mol. The second-order valence-corrected chi connectivity index (χ2v) is 6.34. The van der Waals surface area contributed by atoms with Crippen LogP contribution in [0, 0.1) is 5.41 Å². The first-order valence-corrected chi connectivity index (χ1v) is 7.13. The van der Waals surface area contributed by atoms with Crippen molar-refractivity contribution in [3.63, 3.8) is 0 Å². The zero-order chi connectivity index (χ0) is 12.9. The third kappa shape index (κ3) is 4.33. The van der Waals surface area contributed by atoms with E-state index in [-0.39, 0.29) is 17.0 Å². The van der Waals surface area contributed by atoms with Crippen LogP contribution in [-0.4, -0.2) is 11.6 Å². The number of hydrogen-bond acceptors (Lipinski definition) is 2. The molecule has 1 aliphatic rings. The van der Waals surface area contributed by atoms with Crippen LogP contribution in [0.2, 0.25) is 0 Å². The number of rotatable bonds is 3. The molecule has 17 heavy (non-hydrogen) atoms. The molecule has 0 aliphatic heterocycles. The molecule has 1 aliphatic carbocycles. The maximum Gasteiger partial charge on any atom is 0.312 e. The summed E-state index contributed by atoms with van der Waals surface area (Å²) in [6.45, 7) is 8.10. The highest BCUT2D eigenvalue weighted by Crippen LogP contribution is 2.32. The lowest BCUT2D eigenvalue weighted by Gasteiger charge is -2.34. The molecule has 0 bridgehead atoms. The quantitative estimate of drug-likeness (QED) is 0.680. The maximum atomic E-state index is 12.1. The molecule has 0 radical (unpaired) electrons. The van der Waals surface area contributed by atoms with Gasteiger partial charge in [0.1, 0.15) is 5.60 Å². The highest BCUT2D eigenvalue weighted by molar-refractivity contribution is 5.76. The predicted octanol–water partition coefficient (Wildman–Crippen LogP) is 4.47. The molecule has 2 heteroatoms. The van der Waals surface area contributed by atoms with Crippen molar-refractivity contribution in [3.05, 3.63) is 0 Å². The van der Waals surface area contributed by atoms with Crippen molar-refractivity contribution >= 4 is 5.97 Å². The summed E-state index contributed by atoms with van der Waals surface area (Å²) in [4.78, 5) is 12.1. The molecule has 0 aromatic rings. The Balaban J connectivity index is 2.60. The average molecular weight is 240 g/mol. The summed E-state index contributed by atoms with van der Waals surface area (Å²) in [5, 5.41) is 0. The van der Waals surface area contributed by atoms with Crippen molar-refractivity contribution in [1.82, 2.24) is 0 Å². The highest BCUT2D eigenvalue weighted by Gasteiger charge is 2.35. The van der Waals surface area contributed by atoms with Gasteiger partial charge in [0.2, 0.25) is 0 Å². The molecule has 0 heterocycles. The van der Waals surface area contributed by atoms with Crippen molar-refractivity contribution in [1.29, 1.82) is 0 Å². The lowest BCUT2D eigenvalue weighted by Crippen LogP contribution is -2.38. The number of ether oxygens (including phenoxy) is 1. The Morgan fingerprint density at radius 3 is 2.06 bits per heavy atom. The summed E-state index contributed by atoms with van der Waals surface area (Å²) in [6, 6.07) is 0. The van der Waals surface area contributed by atoms with E-state index in [1.807, 2.05) is 20.8 Å². The van der Waals surface area contributed by atoms with Crippen molar-refractivity contribution in [2.45, 2.75) is 84.7 Å². The summed E-state index contributed by atoms with van der Waals surface area (Å²) >= 11 is 0. The number of esters is 1. The van der Waals surface area contributed by atoms with Crippen LogP contribution in [0.25, 0.3) is 0 Å². The largest absolute Gasteiger partial charge is 0.459 e. The normalized spacial score (nSPS) is 21.4. The van der Waals surface area contributed by atoms with E-state index in [1.54, 1.807) is 0 Å². The lowest BCUT2D eigenvalue weighted by molar-refractivity contribution is -0.171. The van der Waals surface area contributed by atoms with Crippen LogP contribution < -0.4 is 0 Å². The minimum Gasteiger partial charge on any atom is -0.459 e. The molecule has 0 aromatic heterocycles. The lowest BCUT2D eigenvalue weighted by atomic mass is 9.86. The Hall–Kier alpha value is -0.530. The van der Waals surface area contributed by atoms with Crippen molar-refractivity contribution in [2.24, 2.45) is 5.41 Å². The van der Waals surface area contributed by atoms with E-state index in [4.69, 9.17) is 4.74 Å². The molecule has 0 saturated heterocycles. The highest BCUT2D eigenvalue weighted by atomic mass is 16.6.